The average molecular weight is 490 g/mol. The summed E-state index contributed by atoms with van der Waals surface area (Å²) in [5.74, 6) is -1.52. The Labute approximate surface area is 196 Å². The first kappa shape index (κ1) is 24.9. The monoisotopic (exact) mass is 489 g/mol. The van der Waals surface area contributed by atoms with Crippen LogP contribution in [0.4, 0.5) is 10.6 Å². The minimum absolute atomic E-state index is 0.0000323. The summed E-state index contributed by atoms with van der Waals surface area (Å²) in [6, 6.07) is 6.83. The van der Waals surface area contributed by atoms with Crippen LogP contribution in [0.15, 0.2) is 40.3 Å². The third-order valence-electron chi connectivity index (χ3n) is 5.38. The van der Waals surface area contributed by atoms with E-state index in [1.807, 2.05) is 6.07 Å². The van der Waals surface area contributed by atoms with Crippen molar-refractivity contribution < 1.29 is 18.9 Å². The van der Waals surface area contributed by atoms with Crippen LogP contribution in [-0.2, 0) is 21.1 Å². The molecule has 0 bridgehead atoms. The number of fused-ring (bicyclic) bond motifs is 1. The van der Waals surface area contributed by atoms with Crippen LogP contribution in [0.1, 0.15) is 32.3 Å². The second-order valence-corrected chi connectivity index (χ2v) is 9.91. The van der Waals surface area contributed by atoms with Gasteiger partial charge in [-0.2, -0.15) is 4.98 Å². The van der Waals surface area contributed by atoms with Gasteiger partial charge < -0.3 is 15.7 Å². The molecule has 0 saturated heterocycles. The first-order valence-electron chi connectivity index (χ1n) is 10.6. The maximum Gasteiger partial charge on any atom is 0.339 e. The molecule has 2 atom stereocenters. The van der Waals surface area contributed by atoms with Gasteiger partial charge in [0.15, 0.2) is 11.5 Å². The molecule has 0 radical (unpaired) electrons. The van der Waals surface area contributed by atoms with Crippen LogP contribution in [0.3, 0.4) is 0 Å². The van der Waals surface area contributed by atoms with Crippen molar-refractivity contribution in [1.29, 1.82) is 4.78 Å². The molecular weight excluding hydrogens is 462 g/mol. The smallest absolute Gasteiger partial charge is 0.339 e. The fourth-order valence-electron chi connectivity index (χ4n) is 3.67. The number of aromatic nitrogens is 4. The summed E-state index contributed by atoms with van der Waals surface area (Å²) in [6.07, 6.45) is 0.557. The minimum atomic E-state index is -3.38. The largest absolute Gasteiger partial charge is 0.480 e. The van der Waals surface area contributed by atoms with Gasteiger partial charge in [-0.15, -0.1) is 0 Å². The van der Waals surface area contributed by atoms with Gasteiger partial charge >= 0.3 is 17.7 Å². The number of rotatable bonds is 8. The van der Waals surface area contributed by atoms with E-state index in [0.29, 0.717) is 6.42 Å². The van der Waals surface area contributed by atoms with Crippen molar-refractivity contribution in [2.24, 2.45) is 0 Å². The molecule has 4 N–H and O–H groups in total. The maximum atomic E-state index is 13.4. The standard InChI is InChI=1S/C21H27N7O5S/c1-4-11-34(23,33)19-24-16(22)15-17(25-19)27(12-13-9-7-6-8-10-13)21(32)28(15)20(31)26(3)14(5-2)18(29)30/h6-10,14,23H,4-5,11-12H2,1-3H3,(H,29,30)(H2,22,24,25). The Bertz CT molecular complexity index is 1400. The van der Waals surface area contributed by atoms with Gasteiger partial charge in [-0.25, -0.2) is 32.9 Å². The Hall–Kier alpha value is -3.74. The quantitative estimate of drug-likeness (QED) is 0.401. The number of carbonyl (C=O) groups is 2. The van der Waals surface area contributed by atoms with Crippen molar-refractivity contribution in [3.05, 3.63) is 46.4 Å². The zero-order valence-electron chi connectivity index (χ0n) is 19.1. The number of anilines is 1. The molecule has 0 saturated carbocycles. The third-order valence-corrected chi connectivity index (χ3v) is 7.13. The van der Waals surface area contributed by atoms with E-state index in [1.165, 1.54) is 11.6 Å². The van der Waals surface area contributed by atoms with Crippen molar-refractivity contribution in [1.82, 2.24) is 24.0 Å². The molecule has 1 aromatic carbocycles. The van der Waals surface area contributed by atoms with Crippen molar-refractivity contribution in [2.75, 3.05) is 18.5 Å². The van der Waals surface area contributed by atoms with Gasteiger partial charge in [0.2, 0.25) is 5.16 Å². The lowest BCUT2D eigenvalue weighted by Crippen LogP contribution is -2.46. The number of imidazole rings is 1. The fourth-order valence-corrected chi connectivity index (χ4v) is 4.90. The van der Waals surface area contributed by atoms with E-state index in [1.54, 1.807) is 38.1 Å². The summed E-state index contributed by atoms with van der Waals surface area (Å²) in [5.41, 5.74) is 5.84. The molecule has 2 unspecified atom stereocenters. The van der Waals surface area contributed by atoms with Gasteiger partial charge in [0.25, 0.3) is 0 Å². The second kappa shape index (κ2) is 9.63. The Morgan fingerprint density at radius 3 is 2.44 bits per heavy atom. The highest BCUT2D eigenvalue weighted by atomic mass is 32.2. The van der Waals surface area contributed by atoms with E-state index in [4.69, 9.17) is 10.5 Å². The lowest BCUT2D eigenvalue weighted by atomic mass is 10.2. The molecule has 0 spiro atoms. The molecule has 34 heavy (non-hydrogen) atoms. The Kier molecular flexibility index (Phi) is 7.05. The van der Waals surface area contributed by atoms with E-state index < -0.39 is 33.5 Å². The lowest BCUT2D eigenvalue weighted by Gasteiger charge is -2.23. The van der Waals surface area contributed by atoms with Gasteiger partial charge in [-0.1, -0.05) is 44.2 Å². The Morgan fingerprint density at radius 2 is 1.88 bits per heavy atom. The molecular formula is C21H27N7O5S. The number of hydrogen-bond acceptors (Lipinski definition) is 8. The number of nitrogens with two attached hydrogens (primary N) is 1. The number of amides is 1. The summed E-state index contributed by atoms with van der Waals surface area (Å²) in [5, 5.41) is 9.14. The highest BCUT2D eigenvalue weighted by Crippen LogP contribution is 2.22. The number of nitrogens with one attached hydrogen (secondary N) is 1. The van der Waals surface area contributed by atoms with Crippen LogP contribution < -0.4 is 11.4 Å². The second-order valence-electron chi connectivity index (χ2n) is 7.79. The predicted octanol–water partition coefficient (Wildman–Crippen LogP) is 1.80. The van der Waals surface area contributed by atoms with Crippen LogP contribution in [0.2, 0.25) is 0 Å². The van der Waals surface area contributed by atoms with Crippen molar-refractivity contribution in [3.8, 4) is 0 Å². The van der Waals surface area contributed by atoms with E-state index in [9.17, 15) is 23.7 Å². The molecule has 0 aliphatic heterocycles. The molecule has 13 heteroatoms. The number of likely N-dealkylation sites (N-methyl/N-ethyl adjacent to an activating group) is 1. The number of carboxylic acid groups (broad SMARTS) is 1. The summed E-state index contributed by atoms with van der Waals surface area (Å²) in [4.78, 5) is 47.5. The number of benzene rings is 1. The lowest BCUT2D eigenvalue weighted by molar-refractivity contribution is -0.141. The van der Waals surface area contributed by atoms with Gasteiger partial charge in [-0.3, -0.25) is 4.57 Å². The van der Waals surface area contributed by atoms with Crippen LogP contribution in [0, 0.1) is 4.78 Å². The van der Waals surface area contributed by atoms with E-state index in [0.717, 1.165) is 15.0 Å². The van der Waals surface area contributed by atoms with Crippen LogP contribution in [0.5, 0.6) is 0 Å². The highest BCUT2D eigenvalue weighted by Gasteiger charge is 2.31. The normalized spacial score (nSPS) is 14.0. The minimum Gasteiger partial charge on any atom is -0.480 e. The molecule has 12 nitrogen and oxygen atoms in total. The topological polar surface area (TPSA) is 177 Å². The molecule has 2 heterocycles. The number of aliphatic carboxylic acids is 1. The average Bonchev–Trinajstić information content (AvgIpc) is 3.06. The van der Waals surface area contributed by atoms with E-state index in [-0.39, 0.29) is 40.9 Å². The first-order valence-corrected chi connectivity index (χ1v) is 12.3. The van der Waals surface area contributed by atoms with Gasteiger partial charge in [0.05, 0.1) is 6.54 Å². The zero-order valence-corrected chi connectivity index (χ0v) is 19.9. The van der Waals surface area contributed by atoms with Crippen LogP contribution >= 0.6 is 0 Å². The number of nitrogen functional groups attached to an aromatic ring is 1. The van der Waals surface area contributed by atoms with Crippen molar-refractivity contribution in [3.63, 3.8) is 0 Å². The van der Waals surface area contributed by atoms with E-state index in [2.05, 4.69) is 9.97 Å². The zero-order chi connectivity index (χ0) is 25.2. The number of hydrogen-bond donors (Lipinski definition) is 3. The summed E-state index contributed by atoms with van der Waals surface area (Å²) in [7, 11) is -2.10. The SMILES string of the molecule is CCCS(=N)(=O)c1nc(N)c2c(n1)n(Cc1ccccc1)c(=O)n2C(=O)N(C)C(CC)C(=O)O. The first-order chi connectivity index (χ1) is 16.0. The molecule has 2 aromatic heterocycles. The summed E-state index contributed by atoms with van der Waals surface area (Å²) < 4.78 is 22.9. The number of nitrogens with zero attached hydrogens (tertiary/aromatic N) is 5. The number of carboxylic acids is 1. The van der Waals surface area contributed by atoms with Crippen LogP contribution in [-0.4, -0.2) is 64.2 Å². The summed E-state index contributed by atoms with van der Waals surface area (Å²) in [6.45, 7) is 3.38. The third kappa shape index (κ3) is 4.51. The molecule has 0 aliphatic carbocycles. The van der Waals surface area contributed by atoms with Crippen LogP contribution in [0.25, 0.3) is 11.2 Å². The maximum absolute atomic E-state index is 13.4. The molecule has 3 rings (SSSR count). The Morgan fingerprint density at radius 1 is 1.24 bits per heavy atom. The van der Waals surface area contributed by atoms with Gasteiger partial charge in [0, 0.05) is 12.8 Å². The molecule has 182 valence electrons. The van der Waals surface area contributed by atoms with Gasteiger partial charge in [0.1, 0.15) is 21.3 Å². The fraction of sp³-hybridized carbons (Fsp3) is 0.381. The Balaban J connectivity index is 2.31. The molecule has 0 fully saturated rings. The predicted molar refractivity (Wildman–Crippen MR) is 126 cm³/mol. The molecule has 0 aliphatic rings. The van der Waals surface area contributed by atoms with E-state index >= 15 is 0 Å². The molecule has 1 amide bonds. The highest BCUT2D eigenvalue weighted by molar-refractivity contribution is 7.92. The van der Waals surface area contributed by atoms with Crippen molar-refractivity contribution in [2.45, 2.75) is 44.4 Å². The number of carbonyl (C=O) groups excluding carboxylic acids is 1. The van der Waals surface area contributed by atoms with Gasteiger partial charge in [-0.05, 0) is 18.4 Å². The van der Waals surface area contributed by atoms with Crippen molar-refractivity contribution >= 4 is 38.7 Å². The molecule has 3 aromatic rings. The summed E-state index contributed by atoms with van der Waals surface area (Å²) >= 11 is 0.